The molecule has 20 heavy (non-hydrogen) atoms. The standard InChI is InChI=1S/C15H18N4S/c1-11(14-9-20-10-17-14)16-7-8-19-12(2)18-13-5-3-4-6-15(13)19/h3-6,9-11,16H,7-8H2,1-2H3. The summed E-state index contributed by atoms with van der Waals surface area (Å²) in [4.78, 5) is 8.92. The molecule has 3 rings (SSSR count). The minimum absolute atomic E-state index is 0.288. The Morgan fingerprint density at radius 1 is 1.35 bits per heavy atom. The van der Waals surface area contributed by atoms with Crippen LogP contribution in [0.4, 0.5) is 0 Å². The molecule has 0 aliphatic heterocycles. The molecule has 1 N–H and O–H groups in total. The minimum atomic E-state index is 0.288. The number of fused-ring (bicyclic) bond motifs is 1. The second kappa shape index (κ2) is 5.73. The Bertz CT molecular complexity index is 687. The first-order chi connectivity index (χ1) is 9.75. The third kappa shape index (κ3) is 2.59. The van der Waals surface area contributed by atoms with Crippen LogP contribution in [0.2, 0.25) is 0 Å². The maximum atomic E-state index is 4.59. The molecule has 0 spiro atoms. The van der Waals surface area contributed by atoms with Crippen LogP contribution in [0.5, 0.6) is 0 Å². The predicted molar refractivity (Wildman–Crippen MR) is 83.0 cm³/mol. The van der Waals surface area contributed by atoms with Crippen molar-refractivity contribution in [3.63, 3.8) is 0 Å². The van der Waals surface area contributed by atoms with E-state index < -0.39 is 0 Å². The van der Waals surface area contributed by atoms with Gasteiger partial charge in [-0.15, -0.1) is 11.3 Å². The van der Waals surface area contributed by atoms with E-state index in [0.717, 1.165) is 30.1 Å². The lowest BCUT2D eigenvalue weighted by Crippen LogP contribution is -2.23. The molecule has 1 aromatic carbocycles. The van der Waals surface area contributed by atoms with Crippen molar-refractivity contribution in [2.45, 2.75) is 26.4 Å². The molecular formula is C15H18N4S. The first-order valence-electron chi connectivity index (χ1n) is 6.79. The van der Waals surface area contributed by atoms with E-state index in [1.54, 1.807) is 11.3 Å². The van der Waals surface area contributed by atoms with E-state index in [1.807, 2.05) is 11.6 Å². The maximum Gasteiger partial charge on any atom is 0.106 e. The summed E-state index contributed by atoms with van der Waals surface area (Å²) in [5, 5.41) is 5.60. The molecule has 2 heterocycles. The largest absolute Gasteiger partial charge is 0.327 e. The Morgan fingerprint density at radius 3 is 3.00 bits per heavy atom. The number of nitrogens with one attached hydrogen (secondary N) is 1. The van der Waals surface area contributed by atoms with E-state index in [-0.39, 0.29) is 6.04 Å². The summed E-state index contributed by atoms with van der Waals surface area (Å²) in [5.74, 6) is 1.06. The van der Waals surface area contributed by atoms with Crippen molar-refractivity contribution in [2.75, 3.05) is 6.54 Å². The first kappa shape index (κ1) is 13.3. The number of para-hydroxylation sites is 2. The summed E-state index contributed by atoms with van der Waals surface area (Å²) < 4.78 is 2.26. The van der Waals surface area contributed by atoms with Gasteiger partial charge < -0.3 is 9.88 Å². The smallest absolute Gasteiger partial charge is 0.106 e. The Hall–Kier alpha value is -1.72. The first-order valence-corrected chi connectivity index (χ1v) is 7.73. The predicted octanol–water partition coefficient (Wildman–Crippen LogP) is 3.15. The summed E-state index contributed by atoms with van der Waals surface area (Å²) in [7, 11) is 0. The van der Waals surface area contributed by atoms with Gasteiger partial charge in [-0.3, -0.25) is 0 Å². The molecule has 3 aromatic rings. The second-order valence-electron chi connectivity index (χ2n) is 4.89. The number of imidazole rings is 1. The van der Waals surface area contributed by atoms with Gasteiger partial charge in [0.2, 0.25) is 0 Å². The summed E-state index contributed by atoms with van der Waals surface area (Å²) in [5.41, 5.74) is 5.26. The van der Waals surface area contributed by atoms with Gasteiger partial charge in [-0.2, -0.15) is 0 Å². The van der Waals surface area contributed by atoms with Gasteiger partial charge in [-0.05, 0) is 26.0 Å². The highest BCUT2D eigenvalue weighted by Crippen LogP contribution is 2.15. The third-order valence-corrected chi connectivity index (χ3v) is 4.13. The highest BCUT2D eigenvalue weighted by Gasteiger charge is 2.08. The van der Waals surface area contributed by atoms with Gasteiger partial charge in [0.1, 0.15) is 5.82 Å². The van der Waals surface area contributed by atoms with Gasteiger partial charge in [0.05, 0.1) is 22.2 Å². The Balaban J connectivity index is 1.67. The average molecular weight is 286 g/mol. The molecule has 4 nitrogen and oxygen atoms in total. The molecule has 0 aliphatic carbocycles. The molecule has 0 radical (unpaired) electrons. The molecule has 0 aliphatic rings. The van der Waals surface area contributed by atoms with Crippen LogP contribution in [0.1, 0.15) is 24.5 Å². The number of benzene rings is 1. The molecule has 0 fully saturated rings. The van der Waals surface area contributed by atoms with E-state index in [2.05, 4.69) is 57.3 Å². The summed E-state index contributed by atoms with van der Waals surface area (Å²) in [6.07, 6.45) is 0. The molecule has 0 bridgehead atoms. The molecule has 1 atom stereocenters. The topological polar surface area (TPSA) is 42.7 Å². The fraction of sp³-hybridized carbons (Fsp3) is 0.333. The van der Waals surface area contributed by atoms with Crippen LogP contribution in [-0.4, -0.2) is 21.1 Å². The molecular weight excluding hydrogens is 268 g/mol. The molecule has 0 saturated carbocycles. The number of aromatic nitrogens is 3. The monoisotopic (exact) mass is 286 g/mol. The van der Waals surface area contributed by atoms with E-state index in [9.17, 15) is 0 Å². The molecule has 5 heteroatoms. The van der Waals surface area contributed by atoms with Crippen molar-refractivity contribution in [3.05, 3.63) is 46.7 Å². The molecule has 104 valence electrons. The fourth-order valence-corrected chi connectivity index (χ4v) is 3.06. The second-order valence-corrected chi connectivity index (χ2v) is 5.61. The van der Waals surface area contributed by atoms with E-state index >= 15 is 0 Å². The van der Waals surface area contributed by atoms with E-state index in [0.29, 0.717) is 0 Å². The highest BCUT2D eigenvalue weighted by molar-refractivity contribution is 7.07. The van der Waals surface area contributed by atoms with Gasteiger partial charge in [-0.1, -0.05) is 12.1 Å². The number of rotatable bonds is 5. The zero-order valence-electron chi connectivity index (χ0n) is 11.7. The van der Waals surface area contributed by atoms with Crippen molar-refractivity contribution in [1.29, 1.82) is 0 Å². The van der Waals surface area contributed by atoms with E-state index in [1.165, 1.54) is 5.52 Å². The van der Waals surface area contributed by atoms with E-state index in [4.69, 9.17) is 0 Å². The van der Waals surface area contributed by atoms with Crippen LogP contribution in [0.3, 0.4) is 0 Å². The summed E-state index contributed by atoms with van der Waals surface area (Å²) in [6, 6.07) is 8.56. The number of thiazole rings is 1. The van der Waals surface area contributed by atoms with Crippen molar-refractivity contribution in [2.24, 2.45) is 0 Å². The number of aryl methyl sites for hydroxylation is 1. The van der Waals surface area contributed by atoms with Crippen LogP contribution in [-0.2, 0) is 6.54 Å². The summed E-state index contributed by atoms with van der Waals surface area (Å²) in [6.45, 7) is 6.03. The quantitative estimate of drug-likeness (QED) is 0.783. The van der Waals surface area contributed by atoms with Crippen LogP contribution in [0.25, 0.3) is 11.0 Å². The van der Waals surface area contributed by atoms with Gasteiger partial charge >= 0.3 is 0 Å². The number of hydrogen-bond acceptors (Lipinski definition) is 4. The van der Waals surface area contributed by atoms with Gasteiger partial charge in [0, 0.05) is 24.5 Å². The average Bonchev–Trinajstić information content (AvgIpc) is 3.07. The minimum Gasteiger partial charge on any atom is -0.327 e. The Morgan fingerprint density at radius 2 is 2.20 bits per heavy atom. The van der Waals surface area contributed by atoms with Crippen molar-refractivity contribution in [1.82, 2.24) is 19.9 Å². The SMILES string of the molecule is Cc1nc2ccccc2n1CCNC(C)c1cscn1. The fourth-order valence-electron chi connectivity index (χ4n) is 2.41. The maximum absolute atomic E-state index is 4.59. The lowest BCUT2D eigenvalue weighted by Gasteiger charge is -2.13. The third-order valence-electron chi connectivity index (χ3n) is 3.53. The highest BCUT2D eigenvalue weighted by atomic mass is 32.1. The Labute approximate surface area is 122 Å². The zero-order valence-corrected chi connectivity index (χ0v) is 12.5. The number of nitrogens with zero attached hydrogens (tertiary/aromatic N) is 3. The lowest BCUT2D eigenvalue weighted by molar-refractivity contribution is 0.525. The normalized spacial score (nSPS) is 12.9. The van der Waals surface area contributed by atoms with Crippen LogP contribution < -0.4 is 5.32 Å². The molecule has 2 aromatic heterocycles. The van der Waals surface area contributed by atoms with Crippen LogP contribution in [0, 0.1) is 6.92 Å². The van der Waals surface area contributed by atoms with Gasteiger partial charge in [0.15, 0.2) is 0 Å². The zero-order chi connectivity index (χ0) is 13.9. The number of hydrogen-bond donors (Lipinski definition) is 1. The molecule has 1 unspecified atom stereocenters. The lowest BCUT2D eigenvalue weighted by atomic mass is 10.2. The summed E-state index contributed by atoms with van der Waals surface area (Å²) >= 11 is 1.64. The van der Waals surface area contributed by atoms with Gasteiger partial charge in [-0.25, -0.2) is 9.97 Å². The van der Waals surface area contributed by atoms with Crippen LogP contribution >= 0.6 is 11.3 Å². The van der Waals surface area contributed by atoms with Gasteiger partial charge in [0.25, 0.3) is 0 Å². The van der Waals surface area contributed by atoms with Crippen molar-refractivity contribution in [3.8, 4) is 0 Å². The van der Waals surface area contributed by atoms with Crippen molar-refractivity contribution < 1.29 is 0 Å². The van der Waals surface area contributed by atoms with Crippen molar-refractivity contribution >= 4 is 22.4 Å². The molecule has 0 amide bonds. The Kier molecular flexibility index (Phi) is 3.80. The van der Waals surface area contributed by atoms with Crippen LogP contribution in [0.15, 0.2) is 35.2 Å². The molecule has 0 saturated heterocycles.